The van der Waals surface area contributed by atoms with E-state index < -0.39 is 0 Å². The quantitative estimate of drug-likeness (QED) is 0.677. The summed E-state index contributed by atoms with van der Waals surface area (Å²) >= 11 is 1.83. The van der Waals surface area contributed by atoms with Crippen molar-refractivity contribution in [1.82, 2.24) is 19.8 Å². The molecular formula is C15H22N4S. The second-order valence-electron chi connectivity index (χ2n) is 5.41. The van der Waals surface area contributed by atoms with Crippen molar-refractivity contribution in [2.75, 3.05) is 45.5 Å². The van der Waals surface area contributed by atoms with Crippen molar-refractivity contribution < 1.29 is 0 Å². The highest BCUT2D eigenvalue weighted by molar-refractivity contribution is 7.99. The maximum atomic E-state index is 4.59. The van der Waals surface area contributed by atoms with Gasteiger partial charge in [0.25, 0.3) is 0 Å². The van der Waals surface area contributed by atoms with Gasteiger partial charge in [-0.2, -0.15) is 0 Å². The number of fused-ring (bicyclic) bond motifs is 1. The SMILES string of the molecule is CN1CCN(CCCSc2nc3ccccc3[nH]2)CC1. The topological polar surface area (TPSA) is 35.2 Å². The van der Waals surface area contributed by atoms with Crippen molar-refractivity contribution in [2.24, 2.45) is 0 Å². The first-order valence-corrected chi connectivity index (χ1v) is 8.28. The molecule has 0 bridgehead atoms. The van der Waals surface area contributed by atoms with Crippen molar-refractivity contribution in [3.8, 4) is 0 Å². The maximum absolute atomic E-state index is 4.59. The first-order valence-electron chi connectivity index (χ1n) is 7.30. The molecule has 1 N–H and O–H groups in total. The highest BCUT2D eigenvalue weighted by atomic mass is 32.2. The molecule has 1 aromatic carbocycles. The number of benzene rings is 1. The Balaban J connectivity index is 1.41. The number of para-hydroxylation sites is 2. The van der Waals surface area contributed by atoms with Crippen molar-refractivity contribution in [1.29, 1.82) is 0 Å². The van der Waals surface area contributed by atoms with Gasteiger partial charge in [-0.3, -0.25) is 0 Å². The van der Waals surface area contributed by atoms with Crippen molar-refractivity contribution in [2.45, 2.75) is 11.6 Å². The molecule has 1 aliphatic heterocycles. The summed E-state index contributed by atoms with van der Waals surface area (Å²) in [5.74, 6) is 1.13. The third kappa shape index (κ3) is 3.53. The molecule has 1 aromatic heterocycles. The van der Waals surface area contributed by atoms with Crippen LogP contribution in [0.15, 0.2) is 29.4 Å². The lowest BCUT2D eigenvalue weighted by atomic mass is 10.3. The largest absolute Gasteiger partial charge is 0.333 e. The Morgan fingerprint density at radius 3 is 2.80 bits per heavy atom. The van der Waals surface area contributed by atoms with Crippen LogP contribution in [0, 0.1) is 0 Å². The smallest absolute Gasteiger partial charge is 0.166 e. The fraction of sp³-hybridized carbons (Fsp3) is 0.533. The van der Waals surface area contributed by atoms with Crippen LogP contribution in [0.5, 0.6) is 0 Å². The zero-order valence-electron chi connectivity index (χ0n) is 12.0. The molecule has 0 unspecified atom stereocenters. The molecule has 2 aromatic rings. The Labute approximate surface area is 124 Å². The lowest BCUT2D eigenvalue weighted by Crippen LogP contribution is -2.44. The van der Waals surface area contributed by atoms with Gasteiger partial charge in [0.05, 0.1) is 11.0 Å². The van der Waals surface area contributed by atoms with Gasteiger partial charge >= 0.3 is 0 Å². The molecule has 0 spiro atoms. The Morgan fingerprint density at radius 1 is 1.20 bits per heavy atom. The Morgan fingerprint density at radius 2 is 2.00 bits per heavy atom. The van der Waals surface area contributed by atoms with E-state index in [1.54, 1.807) is 0 Å². The van der Waals surface area contributed by atoms with Gasteiger partial charge in [-0.1, -0.05) is 23.9 Å². The number of aromatic amines is 1. The van der Waals surface area contributed by atoms with E-state index in [4.69, 9.17) is 0 Å². The first kappa shape index (κ1) is 13.9. The summed E-state index contributed by atoms with van der Waals surface area (Å²) in [7, 11) is 2.20. The summed E-state index contributed by atoms with van der Waals surface area (Å²) < 4.78 is 0. The van der Waals surface area contributed by atoms with Gasteiger partial charge in [0.1, 0.15) is 0 Å². The molecular weight excluding hydrogens is 268 g/mol. The first-order chi connectivity index (χ1) is 9.81. The van der Waals surface area contributed by atoms with Crippen LogP contribution >= 0.6 is 11.8 Å². The summed E-state index contributed by atoms with van der Waals surface area (Å²) in [5, 5.41) is 1.05. The monoisotopic (exact) mass is 290 g/mol. The zero-order chi connectivity index (χ0) is 13.8. The fourth-order valence-corrected chi connectivity index (χ4v) is 3.34. The number of nitrogens with zero attached hydrogens (tertiary/aromatic N) is 3. The molecule has 20 heavy (non-hydrogen) atoms. The predicted molar refractivity (Wildman–Crippen MR) is 85.4 cm³/mol. The van der Waals surface area contributed by atoms with Crippen LogP contribution in [0.25, 0.3) is 11.0 Å². The van der Waals surface area contributed by atoms with Crippen LogP contribution < -0.4 is 0 Å². The van der Waals surface area contributed by atoms with Crippen LogP contribution in [0.2, 0.25) is 0 Å². The molecule has 1 saturated heterocycles. The summed E-state index contributed by atoms with van der Waals surface area (Å²) in [6.45, 7) is 6.05. The lowest BCUT2D eigenvalue weighted by molar-refractivity contribution is 0.154. The minimum Gasteiger partial charge on any atom is -0.333 e. The molecule has 0 aliphatic carbocycles. The van der Waals surface area contributed by atoms with Crippen molar-refractivity contribution in [3.63, 3.8) is 0 Å². The van der Waals surface area contributed by atoms with E-state index >= 15 is 0 Å². The predicted octanol–water partition coefficient (Wildman–Crippen LogP) is 2.29. The van der Waals surface area contributed by atoms with Gasteiger partial charge in [0.2, 0.25) is 0 Å². The Bertz CT molecular complexity index is 513. The molecule has 5 heteroatoms. The molecule has 1 aliphatic rings. The van der Waals surface area contributed by atoms with Gasteiger partial charge < -0.3 is 14.8 Å². The minimum absolute atomic E-state index is 1.05. The minimum atomic E-state index is 1.05. The van der Waals surface area contributed by atoms with E-state index in [1.807, 2.05) is 23.9 Å². The lowest BCUT2D eigenvalue weighted by Gasteiger charge is -2.32. The van der Waals surface area contributed by atoms with Gasteiger partial charge in [0, 0.05) is 31.9 Å². The fourth-order valence-electron chi connectivity index (χ4n) is 2.53. The number of hydrogen-bond acceptors (Lipinski definition) is 4. The van der Waals surface area contributed by atoms with Crippen LogP contribution in [0.4, 0.5) is 0 Å². The highest BCUT2D eigenvalue weighted by Crippen LogP contribution is 2.19. The van der Waals surface area contributed by atoms with Crippen LogP contribution in [0.3, 0.4) is 0 Å². The number of piperazine rings is 1. The van der Waals surface area contributed by atoms with Crippen LogP contribution in [-0.4, -0.2) is 65.3 Å². The molecule has 0 amide bonds. The number of H-pyrrole nitrogens is 1. The molecule has 4 nitrogen and oxygen atoms in total. The number of thioether (sulfide) groups is 1. The second-order valence-corrected chi connectivity index (χ2v) is 6.49. The number of hydrogen-bond donors (Lipinski definition) is 1. The van der Waals surface area contributed by atoms with E-state index in [0.717, 1.165) is 21.9 Å². The Hall–Kier alpha value is -1.04. The molecule has 2 heterocycles. The van der Waals surface area contributed by atoms with E-state index in [0.29, 0.717) is 0 Å². The maximum Gasteiger partial charge on any atom is 0.166 e. The third-order valence-corrected chi connectivity index (χ3v) is 4.78. The average Bonchev–Trinajstić information content (AvgIpc) is 2.88. The van der Waals surface area contributed by atoms with Gasteiger partial charge in [-0.25, -0.2) is 4.98 Å². The summed E-state index contributed by atoms with van der Waals surface area (Å²) in [6.07, 6.45) is 1.23. The molecule has 0 saturated carbocycles. The number of imidazole rings is 1. The van der Waals surface area contributed by atoms with E-state index in [-0.39, 0.29) is 0 Å². The number of rotatable bonds is 5. The van der Waals surface area contributed by atoms with Crippen molar-refractivity contribution >= 4 is 22.8 Å². The zero-order valence-corrected chi connectivity index (χ0v) is 12.8. The van der Waals surface area contributed by atoms with E-state index in [9.17, 15) is 0 Å². The summed E-state index contributed by atoms with van der Waals surface area (Å²) in [6, 6.07) is 8.21. The Kier molecular flexibility index (Phi) is 4.60. The van der Waals surface area contributed by atoms with Gasteiger partial charge in [0.15, 0.2) is 5.16 Å². The van der Waals surface area contributed by atoms with E-state index in [1.165, 1.54) is 39.1 Å². The van der Waals surface area contributed by atoms with Crippen LogP contribution in [-0.2, 0) is 0 Å². The molecule has 108 valence electrons. The van der Waals surface area contributed by atoms with Gasteiger partial charge in [-0.05, 0) is 32.1 Å². The molecule has 1 fully saturated rings. The molecule has 0 atom stereocenters. The third-order valence-electron chi connectivity index (χ3n) is 3.82. The normalized spacial score (nSPS) is 17.9. The number of likely N-dealkylation sites (N-methyl/N-ethyl adjacent to an activating group) is 1. The summed E-state index contributed by atoms with van der Waals surface area (Å²) in [5.41, 5.74) is 2.20. The van der Waals surface area contributed by atoms with E-state index in [2.05, 4.69) is 38.9 Å². The average molecular weight is 290 g/mol. The number of aromatic nitrogens is 2. The summed E-state index contributed by atoms with van der Waals surface area (Å²) in [4.78, 5) is 12.9. The molecule has 0 radical (unpaired) electrons. The van der Waals surface area contributed by atoms with Gasteiger partial charge in [-0.15, -0.1) is 0 Å². The molecule has 3 rings (SSSR count). The van der Waals surface area contributed by atoms with Crippen LogP contribution in [0.1, 0.15) is 6.42 Å². The highest BCUT2D eigenvalue weighted by Gasteiger charge is 2.12. The standard InChI is InChI=1S/C15H22N4S/c1-18-8-10-19(11-9-18)7-4-12-20-15-16-13-5-2-3-6-14(13)17-15/h2-3,5-6H,4,7-12H2,1H3,(H,16,17). The second kappa shape index (κ2) is 6.61. The number of nitrogens with one attached hydrogen (secondary N) is 1. The van der Waals surface area contributed by atoms with Crippen molar-refractivity contribution in [3.05, 3.63) is 24.3 Å².